The standard InChI is InChI=1S/C21H29N5O/c1-17(19-6-4-3-5-7-19)24-8-10-25(11-9-24)20-16-21(23-18(2)22-20)26-12-14-27-15-13-26/h3-7,16-17H,8-15H2,1-2H3. The molecule has 2 fully saturated rings. The summed E-state index contributed by atoms with van der Waals surface area (Å²) in [5.41, 5.74) is 1.39. The highest BCUT2D eigenvalue weighted by molar-refractivity contribution is 5.51. The van der Waals surface area contributed by atoms with Gasteiger partial charge in [-0.15, -0.1) is 0 Å². The minimum absolute atomic E-state index is 0.449. The summed E-state index contributed by atoms with van der Waals surface area (Å²) in [6, 6.07) is 13.4. The number of anilines is 2. The molecular formula is C21H29N5O. The molecule has 1 atom stereocenters. The molecule has 2 aliphatic heterocycles. The Balaban J connectivity index is 1.42. The monoisotopic (exact) mass is 367 g/mol. The van der Waals surface area contributed by atoms with Crippen molar-refractivity contribution in [3.8, 4) is 0 Å². The first-order valence-electron chi connectivity index (χ1n) is 9.93. The van der Waals surface area contributed by atoms with Crippen LogP contribution in [0.1, 0.15) is 24.4 Å². The average Bonchev–Trinajstić information content (AvgIpc) is 2.74. The zero-order valence-corrected chi connectivity index (χ0v) is 16.3. The molecular weight excluding hydrogens is 338 g/mol. The minimum Gasteiger partial charge on any atom is -0.378 e. The van der Waals surface area contributed by atoms with Gasteiger partial charge in [0, 0.05) is 51.4 Å². The number of piperazine rings is 1. The van der Waals surface area contributed by atoms with Crippen LogP contribution in [0, 0.1) is 6.92 Å². The first-order valence-corrected chi connectivity index (χ1v) is 9.93. The van der Waals surface area contributed by atoms with Gasteiger partial charge < -0.3 is 14.5 Å². The van der Waals surface area contributed by atoms with Crippen molar-refractivity contribution in [2.75, 3.05) is 62.3 Å². The molecule has 0 spiro atoms. The number of benzene rings is 1. The molecule has 2 aliphatic rings. The maximum atomic E-state index is 5.47. The van der Waals surface area contributed by atoms with E-state index >= 15 is 0 Å². The van der Waals surface area contributed by atoms with Crippen LogP contribution in [-0.4, -0.2) is 67.4 Å². The van der Waals surface area contributed by atoms with E-state index in [2.05, 4.69) is 63.0 Å². The molecule has 27 heavy (non-hydrogen) atoms. The second-order valence-corrected chi connectivity index (χ2v) is 7.34. The van der Waals surface area contributed by atoms with E-state index < -0.39 is 0 Å². The highest BCUT2D eigenvalue weighted by atomic mass is 16.5. The molecule has 3 heterocycles. The van der Waals surface area contributed by atoms with Crippen LogP contribution in [-0.2, 0) is 4.74 Å². The molecule has 2 saturated heterocycles. The van der Waals surface area contributed by atoms with E-state index in [4.69, 9.17) is 9.72 Å². The normalized spacial score (nSPS) is 19.9. The second kappa shape index (κ2) is 8.23. The maximum absolute atomic E-state index is 5.47. The molecule has 1 unspecified atom stereocenters. The first kappa shape index (κ1) is 18.2. The fourth-order valence-electron chi connectivity index (χ4n) is 3.93. The molecule has 144 valence electrons. The maximum Gasteiger partial charge on any atom is 0.134 e. The molecule has 2 aromatic rings. The summed E-state index contributed by atoms with van der Waals surface area (Å²) >= 11 is 0. The molecule has 4 rings (SSSR count). The lowest BCUT2D eigenvalue weighted by Gasteiger charge is -2.39. The Morgan fingerprint density at radius 2 is 1.44 bits per heavy atom. The largest absolute Gasteiger partial charge is 0.378 e. The van der Waals surface area contributed by atoms with Gasteiger partial charge in [0.15, 0.2) is 0 Å². The number of morpholine rings is 1. The van der Waals surface area contributed by atoms with Crippen LogP contribution >= 0.6 is 0 Å². The Hall–Kier alpha value is -2.18. The van der Waals surface area contributed by atoms with E-state index in [0.717, 1.165) is 69.9 Å². The van der Waals surface area contributed by atoms with E-state index in [1.54, 1.807) is 0 Å². The number of aromatic nitrogens is 2. The summed E-state index contributed by atoms with van der Waals surface area (Å²) in [5, 5.41) is 0. The summed E-state index contributed by atoms with van der Waals surface area (Å²) in [4.78, 5) is 16.6. The Kier molecular flexibility index (Phi) is 5.55. The summed E-state index contributed by atoms with van der Waals surface area (Å²) in [6.07, 6.45) is 0. The van der Waals surface area contributed by atoms with Crippen molar-refractivity contribution < 1.29 is 4.74 Å². The molecule has 1 aromatic heterocycles. The topological polar surface area (TPSA) is 44.7 Å². The number of aryl methyl sites for hydroxylation is 1. The minimum atomic E-state index is 0.449. The van der Waals surface area contributed by atoms with Crippen LogP contribution in [0.4, 0.5) is 11.6 Å². The van der Waals surface area contributed by atoms with Crippen LogP contribution in [0.25, 0.3) is 0 Å². The molecule has 6 heteroatoms. The van der Waals surface area contributed by atoms with Gasteiger partial charge >= 0.3 is 0 Å². The summed E-state index contributed by atoms with van der Waals surface area (Å²) in [5.74, 6) is 2.92. The van der Waals surface area contributed by atoms with Gasteiger partial charge in [-0.2, -0.15) is 0 Å². The number of hydrogen-bond acceptors (Lipinski definition) is 6. The van der Waals surface area contributed by atoms with Gasteiger partial charge in [-0.1, -0.05) is 30.3 Å². The van der Waals surface area contributed by atoms with Gasteiger partial charge in [0.1, 0.15) is 17.5 Å². The van der Waals surface area contributed by atoms with Gasteiger partial charge in [-0.05, 0) is 19.4 Å². The van der Waals surface area contributed by atoms with Crippen LogP contribution in [0.5, 0.6) is 0 Å². The molecule has 0 amide bonds. The Bertz CT molecular complexity index is 739. The van der Waals surface area contributed by atoms with Crippen molar-refractivity contribution in [3.05, 3.63) is 47.8 Å². The highest BCUT2D eigenvalue weighted by Gasteiger charge is 2.24. The van der Waals surface area contributed by atoms with Gasteiger partial charge in [0.25, 0.3) is 0 Å². The molecule has 6 nitrogen and oxygen atoms in total. The third-order valence-electron chi connectivity index (χ3n) is 5.61. The number of ether oxygens (including phenoxy) is 1. The average molecular weight is 367 g/mol. The second-order valence-electron chi connectivity index (χ2n) is 7.34. The fraction of sp³-hybridized carbons (Fsp3) is 0.524. The third-order valence-corrected chi connectivity index (χ3v) is 5.61. The zero-order chi connectivity index (χ0) is 18.6. The van der Waals surface area contributed by atoms with E-state index in [0.29, 0.717) is 6.04 Å². The van der Waals surface area contributed by atoms with E-state index in [1.165, 1.54) is 5.56 Å². The highest BCUT2D eigenvalue weighted by Crippen LogP contribution is 2.25. The van der Waals surface area contributed by atoms with Crippen molar-refractivity contribution in [2.24, 2.45) is 0 Å². The van der Waals surface area contributed by atoms with Gasteiger partial charge in [0.05, 0.1) is 13.2 Å². The molecule has 0 N–H and O–H groups in total. The Labute approximate surface area is 161 Å². The molecule has 0 bridgehead atoms. The summed E-state index contributed by atoms with van der Waals surface area (Å²) in [6.45, 7) is 11.7. The van der Waals surface area contributed by atoms with E-state index in [-0.39, 0.29) is 0 Å². The summed E-state index contributed by atoms with van der Waals surface area (Å²) in [7, 11) is 0. The Morgan fingerprint density at radius 3 is 2.07 bits per heavy atom. The predicted molar refractivity (Wildman–Crippen MR) is 108 cm³/mol. The third kappa shape index (κ3) is 4.22. The number of hydrogen-bond donors (Lipinski definition) is 0. The van der Waals surface area contributed by atoms with Crippen LogP contribution in [0.2, 0.25) is 0 Å². The molecule has 0 saturated carbocycles. The van der Waals surface area contributed by atoms with Crippen LogP contribution in [0.3, 0.4) is 0 Å². The zero-order valence-electron chi connectivity index (χ0n) is 16.3. The quantitative estimate of drug-likeness (QED) is 0.827. The fourth-order valence-corrected chi connectivity index (χ4v) is 3.93. The Morgan fingerprint density at radius 1 is 0.852 bits per heavy atom. The van der Waals surface area contributed by atoms with Gasteiger partial charge in [0.2, 0.25) is 0 Å². The first-order chi connectivity index (χ1) is 13.2. The summed E-state index contributed by atoms with van der Waals surface area (Å²) < 4.78 is 5.47. The van der Waals surface area contributed by atoms with Crippen molar-refractivity contribution in [1.82, 2.24) is 14.9 Å². The van der Waals surface area contributed by atoms with Gasteiger partial charge in [-0.25, -0.2) is 9.97 Å². The lowest BCUT2D eigenvalue weighted by atomic mass is 10.1. The lowest BCUT2D eigenvalue weighted by Crippen LogP contribution is -2.47. The number of nitrogens with zero attached hydrogens (tertiary/aromatic N) is 5. The van der Waals surface area contributed by atoms with Crippen molar-refractivity contribution >= 4 is 11.6 Å². The molecule has 1 aromatic carbocycles. The smallest absolute Gasteiger partial charge is 0.134 e. The van der Waals surface area contributed by atoms with Crippen molar-refractivity contribution in [2.45, 2.75) is 19.9 Å². The van der Waals surface area contributed by atoms with Crippen molar-refractivity contribution in [1.29, 1.82) is 0 Å². The SMILES string of the molecule is Cc1nc(N2CCOCC2)cc(N2CCN(C(C)c3ccccc3)CC2)n1. The van der Waals surface area contributed by atoms with E-state index in [1.807, 2.05) is 6.92 Å². The van der Waals surface area contributed by atoms with E-state index in [9.17, 15) is 0 Å². The van der Waals surface area contributed by atoms with Crippen LogP contribution < -0.4 is 9.80 Å². The van der Waals surface area contributed by atoms with Gasteiger partial charge in [-0.3, -0.25) is 4.90 Å². The predicted octanol–water partition coefficient (Wildman–Crippen LogP) is 2.50. The molecule has 0 radical (unpaired) electrons. The number of rotatable bonds is 4. The van der Waals surface area contributed by atoms with Crippen LogP contribution in [0.15, 0.2) is 36.4 Å². The van der Waals surface area contributed by atoms with Crippen molar-refractivity contribution in [3.63, 3.8) is 0 Å². The molecule has 0 aliphatic carbocycles. The lowest BCUT2D eigenvalue weighted by molar-refractivity contribution is 0.122.